The number of esters is 1. The van der Waals surface area contributed by atoms with Crippen molar-refractivity contribution in [3.05, 3.63) is 83.2 Å². The van der Waals surface area contributed by atoms with Gasteiger partial charge in [0.2, 0.25) is 0 Å². The van der Waals surface area contributed by atoms with Gasteiger partial charge in [0.05, 0.1) is 24.9 Å². The minimum atomic E-state index is -1.01. The lowest BCUT2D eigenvalue weighted by atomic mass is 10.1. The Hall–Kier alpha value is -3.06. The lowest BCUT2D eigenvalue weighted by Gasteiger charge is -2.27. The highest BCUT2D eigenvalue weighted by Crippen LogP contribution is 2.40. The van der Waals surface area contributed by atoms with Gasteiger partial charge in [0.1, 0.15) is 18.5 Å². The molecule has 4 rings (SSSR count). The van der Waals surface area contributed by atoms with Crippen molar-refractivity contribution < 1.29 is 18.7 Å². The molecule has 1 atom stereocenters. The molecule has 0 N–H and O–H groups in total. The van der Waals surface area contributed by atoms with Crippen molar-refractivity contribution in [2.24, 2.45) is 0 Å². The quantitative estimate of drug-likeness (QED) is 0.293. The number of pyridine rings is 1. The predicted octanol–water partition coefficient (Wildman–Crippen LogP) is 5.81. The topological polar surface area (TPSA) is 51.7 Å². The van der Waals surface area contributed by atoms with Gasteiger partial charge < -0.3 is 13.8 Å². The van der Waals surface area contributed by atoms with E-state index in [0.717, 1.165) is 41.2 Å². The number of methoxy groups -OCH3 is 1. The number of aromatic nitrogens is 1. The van der Waals surface area contributed by atoms with Crippen molar-refractivity contribution in [3.8, 4) is 5.75 Å². The molecule has 3 aromatic rings. The molecule has 0 spiro atoms. The Balaban J connectivity index is 1.60. The van der Waals surface area contributed by atoms with Gasteiger partial charge in [-0.2, -0.15) is 0 Å². The van der Waals surface area contributed by atoms with Crippen LogP contribution in [-0.4, -0.2) is 30.8 Å². The van der Waals surface area contributed by atoms with E-state index >= 15 is 0 Å². The molecule has 0 unspecified atom stereocenters. The molecule has 0 bridgehead atoms. The molecule has 0 fully saturated rings. The first-order valence-corrected chi connectivity index (χ1v) is 11.8. The van der Waals surface area contributed by atoms with Crippen LogP contribution < -0.4 is 9.04 Å². The van der Waals surface area contributed by atoms with Gasteiger partial charge >= 0.3 is 5.97 Å². The highest BCUT2D eigenvalue weighted by molar-refractivity contribution is 8.00. The lowest BCUT2D eigenvalue weighted by Crippen LogP contribution is -2.23. The lowest BCUT2D eigenvalue weighted by molar-refractivity contribution is 0.0600. The third-order valence-corrected chi connectivity index (χ3v) is 6.50. The molecular weight excluding hydrogens is 439 g/mol. The number of halogens is 1. The third kappa shape index (κ3) is 5.85. The summed E-state index contributed by atoms with van der Waals surface area (Å²) >= 11 is 1.46. The first kappa shape index (κ1) is 23.1. The molecule has 2 aromatic carbocycles. The summed E-state index contributed by atoms with van der Waals surface area (Å²) in [7, 11) is 1.36. The van der Waals surface area contributed by atoms with Crippen LogP contribution >= 0.6 is 11.9 Å². The molecule has 1 heterocycles. The molecule has 33 heavy (non-hydrogen) atoms. The van der Waals surface area contributed by atoms with Gasteiger partial charge in [0.15, 0.2) is 0 Å². The summed E-state index contributed by atoms with van der Waals surface area (Å²) < 4.78 is 27.2. The van der Waals surface area contributed by atoms with Crippen molar-refractivity contribution in [2.75, 3.05) is 18.0 Å². The predicted molar refractivity (Wildman–Crippen MR) is 129 cm³/mol. The number of anilines is 1. The van der Waals surface area contributed by atoms with Crippen molar-refractivity contribution in [1.29, 1.82) is 0 Å². The highest BCUT2D eigenvalue weighted by atomic mass is 32.2. The molecular formula is C26H27FN2O3S. The van der Waals surface area contributed by atoms with E-state index in [-0.39, 0.29) is 12.5 Å². The number of benzene rings is 2. The highest BCUT2D eigenvalue weighted by Gasteiger charge is 2.22. The molecule has 0 aliphatic heterocycles. The van der Waals surface area contributed by atoms with Crippen molar-refractivity contribution >= 4 is 23.6 Å². The van der Waals surface area contributed by atoms with Crippen LogP contribution in [0.25, 0.3) is 0 Å². The molecule has 1 aliphatic rings. The van der Waals surface area contributed by atoms with Gasteiger partial charge in [-0.3, -0.25) is 4.98 Å². The fourth-order valence-corrected chi connectivity index (χ4v) is 4.88. The first-order valence-electron chi connectivity index (χ1n) is 11.0. The smallest absolute Gasteiger partial charge is 0.337 e. The molecule has 7 heteroatoms. The van der Waals surface area contributed by atoms with E-state index in [4.69, 9.17) is 9.47 Å². The van der Waals surface area contributed by atoms with Gasteiger partial charge in [-0.25, -0.2) is 9.18 Å². The van der Waals surface area contributed by atoms with Crippen molar-refractivity contribution in [1.82, 2.24) is 4.98 Å². The summed E-state index contributed by atoms with van der Waals surface area (Å²) in [4.78, 5) is 16.8. The Labute approximate surface area is 198 Å². The number of carbonyl (C=O) groups excluding carboxylic acids is 1. The Morgan fingerprint density at radius 3 is 2.61 bits per heavy atom. The zero-order valence-corrected chi connectivity index (χ0v) is 19.6. The van der Waals surface area contributed by atoms with Crippen molar-refractivity contribution in [3.63, 3.8) is 0 Å². The molecule has 0 radical (unpaired) electrons. The minimum absolute atomic E-state index is 0.225. The number of fused-ring (bicyclic) bond motifs is 1. The van der Waals surface area contributed by atoms with Gasteiger partial charge in [-0.05, 0) is 91.2 Å². The molecule has 0 saturated carbocycles. The number of hydrogen-bond acceptors (Lipinski definition) is 6. The van der Waals surface area contributed by atoms with Crippen LogP contribution in [0.3, 0.4) is 0 Å². The van der Waals surface area contributed by atoms with Crippen molar-refractivity contribution in [2.45, 2.75) is 43.9 Å². The average molecular weight is 467 g/mol. The summed E-state index contributed by atoms with van der Waals surface area (Å²) in [6.07, 6.45) is 5.64. The summed E-state index contributed by atoms with van der Waals surface area (Å²) in [5, 5.41) is 0. The summed E-state index contributed by atoms with van der Waals surface area (Å²) in [6, 6.07) is 15.2. The summed E-state index contributed by atoms with van der Waals surface area (Å²) in [6.45, 7) is 2.12. The van der Waals surface area contributed by atoms with Crippen LogP contribution in [0.15, 0.2) is 65.8 Å². The molecule has 0 amide bonds. The monoisotopic (exact) mass is 466 g/mol. The minimum Gasteiger partial charge on any atom is -0.487 e. The van der Waals surface area contributed by atoms with E-state index in [1.807, 2.05) is 28.6 Å². The van der Waals surface area contributed by atoms with E-state index in [2.05, 4.69) is 17.1 Å². The van der Waals surface area contributed by atoms with Gasteiger partial charge in [0.25, 0.3) is 0 Å². The Morgan fingerprint density at radius 2 is 1.94 bits per heavy atom. The third-order valence-electron chi connectivity index (χ3n) is 5.48. The first-order chi connectivity index (χ1) is 16.0. The second kappa shape index (κ2) is 10.7. The summed E-state index contributed by atoms with van der Waals surface area (Å²) in [5.74, 6) is 0.358. The molecule has 1 aliphatic carbocycles. The largest absolute Gasteiger partial charge is 0.487 e. The fourth-order valence-electron chi connectivity index (χ4n) is 3.86. The van der Waals surface area contributed by atoms with Crippen LogP contribution in [0.2, 0.25) is 0 Å². The second-order valence-electron chi connectivity index (χ2n) is 8.04. The zero-order chi connectivity index (χ0) is 23.2. The maximum absolute atomic E-state index is 14.2. The Bertz CT molecular complexity index is 1090. The van der Waals surface area contributed by atoms with Gasteiger partial charge in [-0.1, -0.05) is 12.1 Å². The van der Waals surface area contributed by atoms with Crippen LogP contribution in [0.1, 0.15) is 40.4 Å². The van der Waals surface area contributed by atoms with Gasteiger partial charge in [-0.15, -0.1) is 0 Å². The molecule has 172 valence electrons. The molecule has 0 saturated heterocycles. The summed E-state index contributed by atoms with van der Waals surface area (Å²) in [5.41, 5.74) is 4.87. The Morgan fingerprint density at radius 1 is 1.18 bits per heavy atom. The van der Waals surface area contributed by atoms with E-state index in [9.17, 15) is 9.18 Å². The van der Waals surface area contributed by atoms with Crippen LogP contribution in [-0.2, 0) is 24.2 Å². The number of hydrogen-bond donors (Lipinski definition) is 0. The van der Waals surface area contributed by atoms with Crippen LogP contribution in [0.5, 0.6) is 5.75 Å². The normalized spacial score (nSPS) is 13.3. The molecule has 1 aromatic heterocycles. The fraction of sp³-hybridized carbons (Fsp3) is 0.308. The van der Waals surface area contributed by atoms with Crippen LogP contribution in [0, 0.1) is 0 Å². The molecule has 5 nitrogen and oxygen atoms in total. The van der Waals surface area contributed by atoms with E-state index in [0.29, 0.717) is 12.2 Å². The zero-order valence-electron chi connectivity index (χ0n) is 18.8. The van der Waals surface area contributed by atoms with E-state index < -0.39 is 6.17 Å². The number of ether oxygens (including phenoxy) is 2. The average Bonchev–Trinajstić information content (AvgIpc) is 3.29. The second-order valence-corrected chi connectivity index (χ2v) is 9.14. The number of rotatable bonds is 9. The Kier molecular flexibility index (Phi) is 7.50. The van der Waals surface area contributed by atoms with Gasteiger partial charge in [0, 0.05) is 17.3 Å². The maximum atomic E-state index is 14.2. The standard InChI is InChI=1S/C26H27FN2O3S/c1-18(27)16-29(33-23-7-4-12-28-15-23)24-13-21-5-3-6-22(21)14-25(24)32-17-19-8-10-20(11-9-19)26(30)31-2/h4,7-15,18H,3,5-6,16-17H2,1-2H3/t18-/m1/s1. The number of nitrogens with zero attached hydrogens (tertiary/aromatic N) is 2. The maximum Gasteiger partial charge on any atom is 0.337 e. The number of carbonyl (C=O) groups is 1. The SMILES string of the molecule is COC(=O)c1ccc(COc2cc3c(cc2N(C[C@@H](C)F)Sc2cccnc2)CCC3)cc1. The number of alkyl halides is 1. The van der Waals surface area contributed by atoms with E-state index in [1.54, 1.807) is 31.5 Å². The number of aryl methyl sites for hydroxylation is 2. The van der Waals surface area contributed by atoms with Crippen LogP contribution in [0.4, 0.5) is 10.1 Å². The van der Waals surface area contributed by atoms with E-state index in [1.165, 1.54) is 30.2 Å².